The van der Waals surface area contributed by atoms with Crippen molar-refractivity contribution in [1.29, 1.82) is 0 Å². The van der Waals surface area contributed by atoms with Crippen LogP contribution in [0.5, 0.6) is 0 Å². The largest absolute Gasteiger partial charge is 0.0839 e. The van der Waals surface area contributed by atoms with E-state index >= 15 is 0 Å². The number of fused-ring (bicyclic) bond motifs is 14. The minimum atomic E-state index is -0.0423. The molecule has 182 valence electrons. The van der Waals surface area contributed by atoms with Crippen molar-refractivity contribution in [2.24, 2.45) is 11.8 Å². The van der Waals surface area contributed by atoms with Crippen LogP contribution in [-0.4, -0.2) is 0 Å². The molecule has 5 aromatic carbocycles. The second-order valence-electron chi connectivity index (χ2n) is 11.9. The van der Waals surface area contributed by atoms with Crippen LogP contribution in [0, 0.1) is 11.8 Å². The fourth-order valence-corrected chi connectivity index (χ4v) is 9.25. The molecule has 3 atom stereocenters. The summed E-state index contributed by atoms with van der Waals surface area (Å²) >= 11 is 0. The van der Waals surface area contributed by atoms with E-state index in [1.165, 1.54) is 65.7 Å². The molecular weight excluding hydrogens is 468 g/mol. The SMILES string of the molecule is C1=CCC2C(=C1)c1ccccc1C21c2ccccc2C2=c3cccc4c3=C(CC21)c1cc2ccccc2cc1-4. The second kappa shape index (κ2) is 6.96. The lowest BCUT2D eigenvalue weighted by Crippen LogP contribution is -2.43. The maximum atomic E-state index is 2.47. The Morgan fingerprint density at radius 1 is 0.590 bits per heavy atom. The molecule has 10 rings (SSSR count). The Balaban J connectivity index is 1.35. The molecule has 39 heavy (non-hydrogen) atoms. The zero-order chi connectivity index (χ0) is 25.3. The van der Waals surface area contributed by atoms with Crippen molar-refractivity contribution in [1.82, 2.24) is 0 Å². The topological polar surface area (TPSA) is 0 Å². The van der Waals surface area contributed by atoms with Gasteiger partial charge in [0.1, 0.15) is 0 Å². The standard InChI is InChI=1S/C39H26/c1-2-11-24-21-31-30(20-23(24)10-1)27-15-9-16-29-37(27)32(31)22-36-38(29)28-14-5-8-19-35(28)39(36)33-17-6-3-12-25(33)26-13-4-7-18-34(26)39/h1-17,19-21,34,36H,18,22H2. The Morgan fingerprint density at radius 3 is 2.13 bits per heavy atom. The summed E-state index contributed by atoms with van der Waals surface area (Å²) in [6.45, 7) is 0. The monoisotopic (exact) mass is 494 g/mol. The van der Waals surface area contributed by atoms with Gasteiger partial charge < -0.3 is 0 Å². The van der Waals surface area contributed by atoms with E-state index in [0.29, 0.717) is 11.8 Å². The first-order valence-electron chi connectivity index (χ1n) is 14.3. The number of hydrogen-bond donors (Lipinski definition) is 0. The normalized spacial score (nSPS) is 24.3. The Morgan fingerprint density at radius 2 is 1.28 bits per heavy atom. The molecule has 0 aliphatic heterocycles. The lowest BCUT2D eigenvalue weighted by atomic mass is 9.60. The van der Waals surface area contributed by atoms with E-state index in [9.17, 15) is 0 Å². The third-order valence-electron chi connectivity index (χ3n) is 10.5. The van der Waals surface area contributed by atoms with Crippen molar-refractivity contribution in [3.8, 4) is 11.1 Å². The number of benzene rings is 5. The Labute approximate surface area is 228 Å². The molecule has 0 saturated heterocycles. The number of rotatable bonds is 0. The molecule has 0 heterocycles. The van der Waals surface area contributed by atoms with Gasteiger partial charge in [-0.05, 0) is 102 Å². The summed E-state index contributed by atoms with van der Waals surface area (Å²) in [7, 11) is 0. The average molecular weight is 495 g/mol. The van der Waals surface area contributed by atoms with Crippen molar-refractivity contribution in [3.05, 3.63) is 160 Å². The lowest BCUT2D eigenvalue weighted by molar-refractivity contribution is 0.337. The molecule has 0 aromatic heterocycles. The maximum Gasteiger partial charge on any atom is 0.0358 e. The summed E-state index contributed by atoms with van der Waals surface area (Å²) in [5.74, 6) is 0.875. The highest BCUT2D eigenvalue weighted by atomic mass is 14.6. The summed E-state index contributed by atoms with van der Waals surface area (Å²) in [5.41, 5.74) is 14.9. The molecule has 0 fully saturated rings. The van der Waals surface area contributed by atoms with Gasteiger partial charge in [0, 0.05) is 17.3 Å². The molecule has 1 spiro atoms. The van der Waals surface area contributed by atoms with Gasteiger partial charge in [-0.2, -0.15) is 0 Å². The van der Waals surface area contributed by atoms with Crippen LogP contribution in [-0.2, 0) is 5.41 Å². The lowest BCUT2D eigenvalue weighted by Gasteiger charge is -2.41. The zero-order valence-electron chi connectivity index (χ0n) is 21.6. The third-order valence-corrected chi connectivity index (χ3v) is 10.5. The predicted molar refractivity (Wildman–Crippen MR) is 161 cm³/mol. The van der Waals surface area contributed by atoms with Crippen LogP contribution in [0.3, 0.4) is 0 Å². The minimum Gasteiger partial charge on any atom is -0.0839 e. The van der Waals surface area contributed by atoms with Crippen molar-refractivity contribution in [2.75, 3.05) is 0 Å². The van der Waals surface area contributed by atoms with Crippen molar-refractivity contribution < 1.29 is 0 Å². The minimum absolute atomic E-state index is 0.0423. The Bertz CT molecular complexity index is 2140. The molecule has 0 amide bonds. The van der Waals surface area contributed by atoms with Crippen LogP contribution in [0.15, 0.2) is 121 Å². The molecule has 0 radical (unpaired) electrons. The fourth-order valence-electron chi connectivity index (χ4n) is 9.25. The van der Waals surface area contributed by atoms with Gasteiger partial charge in [0.05, 0.1) is 0 Å². The van der Waals surface area contributed by atoms with E-state index < -0.39 is 0 Å². The highest BCUT2D eigenvalue weighted by Gasteiger charge is 2.60. The second-order valence-corrected chi connectivity index (χ2v) is 11.9. The average Bonchev–Trinajstić information content (AvgIpc) is 3.59. The van der Waals surface area contributed by atoms with Gasteiger partial charge in [-0.1, -0.05) is 109 Å². The summed E-state index contributed by atoms with van der Waals surface area (Å²) < 4.78 is 0. The van der Waals surface area contributed by atoms with E-state index in [0.717, 1.165) is 12.8 Å². The summed E-state index contributed by atoms with van der Waals surface area (Å²) in [4.78, 5) is 0. The van der Waals surface area contributed by atoms with Crippen LogP contribution in [0.2, 0.25) is 0 Å². The van der Waals surface area contributed by atoms with Gasteiger partial charge in [0.15, 0.2) is 0 Å². The highest BCUT2D eigenvalue weighted by molar-refractivity contribution is 6.01. The highest BCUT2D eigenvalue weighted by Crippen LogP contribution is 2.67. The van der Waals surface area contributed by atoms with Crippen molar-refractivity contribution >= 4 is 27.5 Å². The van der Waals surface area contributed by atoms with Crippen molar-refractivity contribution in [3.63, 3.8) is 0 Å². The summed E-state index contributed by atoms with van der Waals surface area (Å²) in [6, 6.07) is 39.6. The van der Waals surface area contributed by atoms with Gasteiger partial charge in [-0.15, -0.1) is 0 Å². The van der Waals surface area contributed by atoms with Gasteiger partial charge in [0.25, 0.3) is 0 Å². The fraction of sp³-hybridized carbons (Fsp3) is 0.128. The predicted octanol–water partition coefficient (Wildman–Crippen LogP) is 7.51. The summed E-state index contributed by atoms with van der Waals surface area (Å²) in [5, 5.41) is 5.62. The molecule has 5 aliphatic rings. The van der Waals surface area contributed by atoms with Gasteiger partial charge in [-0.25, -0.2) is 0 Å². The molecule has 0 heteroatoms. The van der Waals surface area contributed by atoms with Crippen LogP contribution in [0.1, 0.15) is 40.7 Å². The molecule has 0 saturated carbocycles. The number of hydrogen-bond acceptors (Lipinski definition) is 0. The Hall–Kier alpha value is -4.42. The first-order chi connectivity index (χ1) is 19.4. The van der Waals surface area contributed by atoms with Crippen LogP contribution < -0.4 is 10.4 Å². The maximum absolute atomic E-state index is 2.47. The van der Waals surface area contributed by atoms with Gasteiger partial charge in [0.2, 0.25) is 0 Å². The van der Waals surface area contributed by atoms with Crippen molar-refractivity contribution in [2.45, 2.75) is 18.3 Å². The number of allylic oxidation sites excluding steroid dienone is 4. The molecule has 0 nitrogen and oxygen atoms in total. The van der Waals surface area contributed by atoms with Crippen LogP contribution >= 0.6 is 0 Å². The molecule has 5 aromatic rings. The van der Waals surface area contributed by atoms with Gasteiger partial charge >= 0.3 is 0 Å². The molecule has 0 bridgehead atoms. The molecule has 0 N–H and O–H groups in total. The summed E-state index contributed by atoms with van der Waals surface area (Å²) in [6.07, 6.45) is 9.27. The first kappa shape index (κ1) is 20.5. The Kier molecular flexibility index (Phi) is 3.66. The van der Waals surface area contributed by atoms with Crippen LogP contribution in [0.4, 0.5) is 0 Å². The quantitative estimate of drug-likeness (QED) is 0.209. The van der Waals surface area contributed by atoms with E-state index in [2.05, 4.69) is 121 Å². The molecule has 5 aliphatic carbocycles. The van der Waals surface area contributed by atoms with Gasteiger partial charge in [-0.3, -0.25) is 0 Å². The smallest absolute Gasteiger partial charge is 0.0358 e. The third kappa shape index (κ3) is 2.27. The first-order valence-corrected chi connectivity index (χ1v) is 14.3. The van der Waals surface area contributed by atoms with E-state index in [1.54, 1.807) is 11.1 Å². The van der Waals surface area contributed by atoms with Crippen LogP contribution in [0.25, 0.3) is 38.6 Å². The molecule has 3 unspecified atom stereocenters. The van der Waals surface area contributed by atoms with E-state index in [-0.39, 0.29) is 5.41 Å². The van der Waals surface area contributed by atoms with E-state index in [4.69, 9.17) is 0 Å². The molecular formula is C39H26. The zero-order valence-corrected chi connectivity index (χ0v) is 21.6. The van der Waals surface area contributed by atoms with E-state index in [1.807, 2.05) is 0 Å².